The molecule has 1 N–H and O–H groups in total. The smallest absolute Gasteiger partial charge is 0.326 e. The molecule has 1 aromatic rings. The van der Waals surface area contributed by atoms with E-state index < -0.39 is 12.0 Å². The first kappa shape index (κ1) is 18.6. The number of nitrogens with zero attached hydrogens (tertiary/aromatic N) is 3. The number of carboxylic acid groups (broad SMARTS) is 1. The van der Waals surface area contributed by atoms with Crippen molar-refractivity contribution in [1.29, 1.82) is 0 Å². The maximum atomic E-state index is 13.4. The second-order valence-electron chi connectivity index (χ2n) is 7.20. The van der Waals surface area contributed by atoms with Gasteiger partial charge in [-0.25, -0.2) is 9.18 Å². The molecule has 2 atom stereocenters. The zero-order valence-corrected chi connectivity index (χ0v) is 15.3. The molecule has 142 valence electrons. The second kappa shape index (κ2) is 7.61. The van der Waals surface area contributed by atoms with Gasteiger partial charge in [0.25, 0.3) is 0 Å². The number of hydrogen-bond donors (Lipinski definition) is 1. The third kappa shape index (κ3) is 3.82. The molecule has 2 heterocycles. The molecule has 2 aliphatic heterocycles. The summed E-state index contributed by atoms with van der Waals surface area (Å²) in [5.41, 5.74) is 1.54. The minimum atomic E-state index is -0.846. The number of aryl methyl sites for hydroxylation is 1. The van der Waals surface area contributed by atoms with Crippen LogP contribution in [0.4, 0.5) is 10.1 Å². The highest BCUT2D eigenvalue weighted by atomic mass is 19.1. The lowest BCUT2D eigenvalue weighted by molar-refractivity contribution is -0.139. The van der Waals surface area contributed by atoms with Gasteiger partial charge >= 0.3 is 5.97 Å². The van der Waals surface area contributed by atoms with Gasteiger partial charge in [-0.2, -0.15) is 0 Å². The molecule has 2 fully saturated rings. The Bertz CT molecular complexity index is 689. The Balaban J connectivity index is 1.71. The summed E-state index contributed by atoms with van der Waals surface area (Å²) in [7, 11) is 0. The summed E-state index contributed by atoms with van der Waals surface area (Å²) in [5.74, 6) is -1.06. The highest BCUT2D eigenvalue weighted by Gasteiger charge is 2.37. The number of halogens is 1. The molecule has 6 nitrogen and oxygen atoms in total. The van der Waals surface area contributed by atoms with Gasteiger partial charge in [0.2, 0.25) is 5.91 Å². The third-order valence-corrected chi connectivity index (χ3v) is 5.60. The van der Waals surface area contributed by atoms with Crippen molar-refractivity contribution in [2.45, 2.75) is 38.8 Å². The Labute approximate surface area is 153 Å². The molecule has 2 aliphatic rings. The molecule has 0 aromatic heterocycles. The number of piperazine rings is 1. The molecular weight excluding hydrogens is 337 g/mol. The maximum Gasteiger partial charge on any atom is 0.326 e. The number of aliphatic carboxylic acids is 1. The Hall–Kier alpha value is -2.15. The van der Waals surface area contributed by atoms with Gasteiger partial charge in [0.15, 0.2) is 0 Å². The molecule has 0 radical (unpaired) electrons. The van der Waals surface area contributed by atoms with Crippen molar-refractivity contribution in [1.82, 2.24) is 9.80 Å². The van der Waals surface area contributed by atoms with Crippen molar-refractivity contribution in [3.05, 3.63) is 29.6 Å². The number of benzene rings is 1. The number of piperidine rings is 1. The standard InChI is InChI=1S/C19H26FN3O3/c1-13-11-15(20)3-4-17(13)23-6-5-16(12-18(23)19(25)26)22-9-7-21(8-10-22)14(2)24/h3-4,11,16,18H,5-10,12H2,1-2H3,(H,25,26). The van der Waals surface area contributed by atoms with Crippen molar-refractivity contribution in [3.63, 3.8) is 0 Å². The number of rotatable bonds is 3. The van der Waals surface area contributed by atoms with E-state index in [9.17, 15) is 19.1 Å². The Kier molecular flexibility index (Phi) is 5.46. The fourth-order valence-corrected chi connectivity index (χ4v) is 4.14. The summed E-state index contributed by atoms with van der Waals surface area (Å²) in [6.45, 7) is 6.98. The fraction of sp³-hybridized carbons (Fsp3) is 0.579. The predicted octanol–water partition coefficient (Wildman–Crippen LogP) is 1.72. The summed E-state index contributed by atoms with van der Waals surface area (Å²) in [6.07, 6.45) is 1.40. The van der Waals surface area contributed by atoms with Crippen LogP contribution in [0.1, 0.15) is 25.3 Å². The number of anilines is 1. The number of carbonyl (C=O) groups is 2. The van der Waals surface area contributed by atoms with E-state index in [1.54, 1.807) is 13.0 Å². The molecule has 2 saturated heterocycles. The maximum absolute atomic E-state index is 13.4. The zero-order valence-electron chi connectivity index (χ0n) is 15.3. The summed E-state index contributed by atoms with van der Waals surface area (Å²) in [6, 6.07) is 4.08. The largest absolute Gasteiger partial charge is 0.480 e. The average molecular weight is 363 g/mol. The van der Waals surface area contributed by atoms with Gasteiger partial charge in [-0.3, -0.25) is 9.69 Å². The normalized spacial score (nSPS) is 24.6. The van der Waals surface area contributed by atoms with E-state index in [0.29, 0.717) is 26.1 Å². The quantitative estimate of drug-likeness (QED) is 0.886. The monoisotopic (exact) mass is 363 g/mol. The van der Waals surface area contributed by atoms with Gasteiger partial charge in [0.1, 0.15) is 11.9 Å². The number of carboxylic acids is 1. The molecule has 0 bridgehead atoms. The van der Waals surface area contributed by atoms with E-state index in [1.165, 1.54) is 12.1 Å². The Morgan fingerprint density at radius 1 is 1.15 bits per heavy atom. The fourth-order valence-electron chi connectivity index (χ4n) is 4.14. The van der Waals surface area contributed by atoms with E-state index in [4.69, 9.17) is 0 Å². The van der Waals surface area contributed by atoms with E-state index in [-0.39, 0.29) is 17.8 Å². The van der Waals surface area contributed by atoms with Crippen LogP contribution in [-0.4, -0.2) is 71.6 Å². The molecule has 3 rings (SSSR count). The molecule has 0 spiro atoms. The van der Waals surface area contributed by atoms with E-state index in [2.05, 4.69) is 4.90 Å². The van der Waals surface area contributed by atoms with Gasteiger partial charge in [-0.05, 0) is 43.5 Å². The lowest BCUT2D eigenvalue weighted by Gasteiger charge is -2.45. The summed E-state index contributed by atoms with van der Waals surface area (Å²) < 4.78 is 13.4. The van der Waals surface area contributed by atoms with Gasteiger partial charge < -0.3 is 14.9 Å². The minimum Gasteiger partial charge on any atom is -0.480 e. The molecule has 2 unspecified atom stereocenters. The predicted molar refractivity (Wildman–Crippen MR) is 96.8 cm³/mol. The topological polar surface area (TPSA) is 64.1 Å². The SMILES string of the molecule is CC(=O)N1CCN(C2CCN(c3ccc(F)cc3C)C(C(=O)O)C2)CC1. The van der Waals surface area contributed by atoms with Crippen LogP contribution in [0, 0.1) is 12.7 Å². The Morgan fingerprint density at radius 3 is 2.42 bits per heavy atom. The lowest BCUT2D eigenvalue weighted by atomic mass is 9.94. The van der Waals surface area contributed by atoms with Crippen molar-refractivity contribution in [3.8, 4) is 0 Å². The van der Waals surface area contributed by atoms with E-state index in [0.717, 1.165) is 30.8 Å². The summed E-state index contributed by atoms with van der Waals surface area (Å²) in [4.78, 5) is 29.4. The Morgan fingerprint density at radius 2 is 1.85 bits per heavy atom. The first-order chi connectivity index (χ1) is 12.4. The lowest BCUT2D eigenvalue weighted by Crippen LogP contribution is -2.57. The van der Waals surface area contributed by atoms with Crippen LogP contribution in [0.25, 0.3) is 0 Å². The number of amides is 1. The van der Waals surface area contributed by atoms with Crippen molar-refractivity contribution >= 4 is 17.6 Å². The van der Waals surface area contributed by atoms with Crippen LogP contribution in [0.3, 0.4) is 0 Å². The molecular formula is C19H26FN3O3. The van der Waals surface area contributed by atoms with Crippen molar-refractivity contribution in [2.24, 2.45) is 0 Å². The molecule has 1 amide bonds. The van der Waals surface area contributed by atoms with Crippen LogP contribution in [0.15, 0.2) is 18.2 Å². The summed E-state index contributed by atoms with van der Waals surface area (Å²) >= 11 is 0. The first-order valence-electron chi connectivity index (χ1n) is 9.12. The highest BCUT2D eigenvalue weighted by Crippen LogP contribution is 2.30. The van der Waals surface area contributed by atoms with E-state index in [1.807, 2.05) is 16.7 Å². The second-order valence-corrected chi connectivity index (χ2v) is 7.20. The molecule has 7 heteroatoms. The van der Waals surface area contributed by atoms with Crippen LogP contribution >= 0.6 is 0 Å². The van der Waals surface area contributed by atoms with Gasteiger partial charge in [-0.1, -0.05) is 0 Å². The number of hydrogen-bond acceptors (Lipinski definition) is 4. The summed E-state index contributed by atoms with van der Waals surface area (Å²) in [5, 5.41) is 9.76. The van der Waals surface area contributed by atoms with Crippen LogP contribution in [-0.2, 0) is 9.59 Å². The zero-order chi connectivity index (χ0) is 18.8. The first-order valence-corrected chi connectivity index (χ1v) is 9.12. The molecule has 0 saturated carbocycles. The third-order valence-electron chi connectivity index (χ3n) is 5.60. The van der Waals surface area contributed by atoms with Gasteiger partial charge in [-0.15, -0.1) is 0 Å². The number of carbonyl (C=O) groups excluding carboxylic acids is 1. The minimum absolute atomic E-state index is 0.0923. The van der Waals surface area contributed by atoms with Crippen molar-refractivity contribution in [2.75, 3.05) is 37.6 Å². The van der Waals surface area contributed by atoms with E-state index >= 15 is 0 Å². The molecule has 1 aromatic carbocycles. The van der Waals surface area contributed by atoms with Crippen LogP contribution < -0.4 is 4.90 Å². The van der Waals surface area contributed by atoms with Crippen LogP contribution in [0.2, 0.25) is 0 Å². The highest BCUT2D eigenvalue weighted by molar-refractivity contribution is 5.79. The average Bonchev–Trinajstić information content (AvgIpc) is 2.61. The van der Waals surface area contributed by atoms with Crippen molar-refractivity contribution < 1.29 is 19.1 Å². The van der Waals surface area contributed by atoms with Crippen LogP contribution in [0.5, 0.6) is 0 Å². The molecule has 26 heavy (non-hydrogen) atoms. The van der Waals surface area contributed by atoms with Gasteiger partial charge in [0, 0.05) is 51.4 Å². The van der Waals surface area contributed by atoms with Gasteiger partial charge in [0.05, 0.1) is 0 Å². The molecule has 0 aliphatic carbocycles.